The molecule has 18 heavy (non-hydrogen) atoms. The summed E-state index contributed by atoms with van der Waals surface area (Å²) in [6.07, 6.45) is 0.713. The van der Waals surface area contributed by atoms with Gasteiger partial charge in [0.15, 0.2) is 6.29 Å². The first-order chi connectivity index (χ1) is 8.74. The van der Waals surface area contributed by atoms with Crippen molar-refractivity contribution in [3.05, 3.63) is 33.4 Å². The number of carbonyl (C=O) groups is 1. The molecule has 0 amide bonds. The van der Waals surface area contributed by atoms with Gasteiger partial charge in [0.2, 0.25) is 0 Å². The van der Waals surface area contributed by atoms with E-state index in [1.165, 1.54) is 0 Å². The van der Waals surface area contributed by atoms with Crippen molar-refractivity contribution in [2.24, 2.45) is 5.18 Å². The molecule has 0 fully saturated rings. The first-order valence-electron chi connectivity index (χ1n) is 4.25. The van der Waals surface area contributed by atoms with E-state index in [1.807, 2.05) is 6.04 Å². The van der Waals surface area contributed by atoms with Crippen LogP contribution in [0.15, 0.2) is 28.0 Å². The van der Waals surface area contributed by atoms with E-state index < -0.39 is 0 Å². The van der Waals surface area contributed by atoms with Crippen LogP contribution in [-0.2, 0) is 0 Å². The molecule has 1 heterocycles. The lowest BCUT2D eigenvalue weighted by molar-refractivity contribution is 0.111. The summed E-state index contributed by atoms with van der Waals surface area (Å²) in [6, 6.07) is 7.06. The number of carbonyl (C=O) groups excluding carboxylic acids is 1. The Morgan fingerprint density at radius 1 is 1.22 bits per heavy atom. The summed E-state index contributed by atoms with van der Waals surface area (Å²) < 4.78 is 0.687. The van der Waals surface area contributed by atoms with Gasteiger partial charge in [-0.05, 0) is 44.7 Å². The van der Waals surface area contributed by atoms with Crippen molar-refractivity contribution in [1.82, 2.24) is 4.98 Å². The van der Waals surface area contributed by atoms with Crippen LogP contribution in [0.4, 0.5) is 0 Å². The van der Waals surface area contributed by atoms with Crippen LogP contribution >= 0.6 is 31.9 Å². The second-order valence-corrected chi connectivity index (χ2v) is 3.51. The molecule has 0 unspecified atom stereocenters. The van der Waals surface area contributed by atoms with Gasteiger partial charge >= 0.3 is 0 Å². The van der Waals surface area contributed by atoms with Crippen LogP contribution in [0.25, 0.3) is 0 Å². The summed E-state index contributed by atoms with van der Waals surface area (Å²) in [5.74, 6) is 9.14. The van der Waals surface area contributed by atoms with Crippen molar-refractivity contribution in [3.63, 3.8) is 0 Å². The highest BCUT2D eigenvalue weighted by Gasteiger charge is 1.89. The Kier molecular flexibility index (Phi) is 10.3. The van der Waals surface area contributed by atoms with Crippen LogP contribution in [0.5, 0.6) is 0 Å². The lowest BCUT2D eigenvalue weighted by atomic mass is 10.4. The first-order valence-corrected chi connectivity index (χ1v) is 5.84. The summed E-state index contributed by atoms with van der Waals surface area (Å²) >= 11 is 5.95. The molecule has 0 radical (unpaired) electrons. The Labute approximate surface area is 121 Å². The molecule has 1 aromatic heterocycles. The molecule has 0 saturated carbocycles. The van der Waals surface area contributed by atoms with Gasteiger partial charge in [-0.3, -0.25) is 4.79 Å². The van der Waals surface area contributed by atoms with Gasteiger partial charge in [-0.15, -0.1) is 4.91 Å². The molecule has 0 bridgehead atoms. The van der Waals surface area contributed by atoms with Gasteiger partial charge in [0.1, 0.15) is 10.3 Å². The Balaban J connectivity index is 0.000000321. The lowest BCUT2D eigenvalue weighted by Gasteiger charge is -1.87. The Hall–Kier alpha value is -1.94. The average molecular weight is 368 g/mol. The van der Waals surface area contributed by atoms with E-state index in [0.717, 1.165) is 0 Å². The average Bonchev–Trinajstić information content (AvgIpc) is 2.39. The Morgan fingerprint density at radius 2 is 1.94 bits per heavy atom. The zero-order valence-electron chi connectivity index (χ0n) is 8.78. The SMILES string of the molecule is O=Cc1cccc(Br)n1.O=NC#CC#CC#CBr. The molecular weight excluding hydrogens is 364 g/mol. The van der Waals surface area contributed by atoms with Gasteiger partial charge in [-0.25, -0.2) is 4.98 Å². The number of nitrogens with zero attached hydrogens (tertiary/aromatic N) is 2. The van der Waals surface area contributed by atoms with Crippen molar-refractivity contribution in [2.75, 3.05) is 0 Å². The molecular formula is C12H4Br2N2O2. The molecule has 0 aliphatic carbocycles. The smallest absolute Gasteiger partial charge is 0.168 e. The fourth-order valence-corrected chi connectivity index (χ4v) is 1.08. The van der Waals surface area contributed by atoms with Crippen molar-refractivity contribution in [1.29, 1.82) is 0 Å². The number of halogens is 2. The molecule has 0 spiro atoms. The van der Waals surface area contributed by atoms with Crippen molar-refractivity contribution in [2.45, 2.75) is 0 Å². The second-order valence-electron chi connectivity index (χ2n) is 2.30. The number of aldehydes is 1. The molecule has 1 rings (SSSR count). The normalized spacial score (nSPS) is 6.56. The van der Waals surface area contributed by atoms with Gasteiger partial charge in [-0.1, -0.05) is 6.07 Å². The largest absolute Gasteiger partial charge is 0.296 e. The zero-order chi connectivity index (χ0) is 13.6. The number of nitroso groups, excluding NO2 is 1. The second kappa shape index (κ2) is 11.5. The highest BCUT2D eigenvalue weighted by molar-refractivity contribution is 9.12. The van der Waals surface area contributed by atoms with E-state index in [0.29, 0.717) is 16.6 Å². The molecule has 0 aliphatic heterocycles. The quantitative estimate of drug-likeness (QED) is 0.332. The monoisotopic (exact) mass is 366 g/mol. The first kappa shape index (κ1) is 16.1. The van der Waals surface area contributed by atoms with Crippen LogP contribution in [0, 0.1) is 39.5 Å². The summed E-state index contributed by atoms with van der Waals surface area (Å²) in [7, 11) is 0. The minimum absolute atomic E-state index is 0.448. The maximum Gasteiger partial charge on any atom is 0.168 e. The number of rotatable bonds is 1. The van der Waals surface area contributed by atoms with E-state index in [4.69, 9.17) is 0 Å². The Bertz CT molecular complexity index is 595. The minimum atomic E-state index is 0.448. The number of pyridine rings is 1. The van der Waals surface area contributed by atoms with E-state index in [1.54, 1.807) is 18.2 Å². The number of hydrogen-bond acceptors (Lipinski definition) is 4. The predicted octanol–water partition coefficient (Wildman–Crippen LogP) is 2.73. The van der Waals surface area contributed by atoms with Crippen LogP contribution in [0.3, 0.4) is 0 Å². The third-order valence-electron chi connectivity index (χ3n) is 1.19. The molecule has 0 saturated heterocycles. The van der Waals surface area contributed by atoms with Crippen LogP contribution in [0.1, 0.15) is 10.5 Å². The molecule has 6 heteroatoms. The maximum atomic E-state index is 10.1. The third kappa shape index (κ3) is 9.30. The molecule has 1 aromatic rings. The van der Waals surface area contributed by atoms with Crippen LogP contribution in [0.2, 0.25) is 0 Å². The molecule has 88 valence electrons. The van der Waals surface area contributed by atoms with E-state index >= 15 is 0 Å². The molecule has 4 nitrogen and oxygen atoms in total. The number of aromatic nitrogens is 1. The van der Waals surface area contributed by atoms with Gasteiger partial charge < -0.3 is 0 Å². The minimum Gasteiger partial charge on any atom is -0.296 e. The van der Waals surface area contributed by atoms with Gasteiger partial charge in [0.25, 0.3) is 0 Å². The van der Waals surface area contributed by atoms with Gasteiger partial charge in [0, 0.05) is 32.9 Å². The summed E-state index contributed by atoms with van der Waals surface area (Å²) in [6.45, 7) is 0. The van der Waals surface area contributed by atoms with Gasteiger partial charge in [-0.2, -0.15) is 0 Å². The maximum absolute atomic E-state index is 10.1. The van der Waals surface area contributed by atoms with Gasteiger partial charge in [0.05, 0.1) is 6.04 Å². The molecule has 0 aromatic carbocycles. The summed E-state index contributed by atoms with van der Waals surface area (Å²) in [5.41, 5.74) is 0.448. The third-order valence-corrected chi connectivity index (χ3v) is 1.83. The Morgan fingerprint density at radius 3 is 2.44 bits per heavy atom. The van der Waals surface area contributed by atoms with E-state index in [9.17, 15) is 9.70 Å². The predicted molar refractivity (Wildman–Crippen MR) is 75.4 cm³/mol. The van der Waals surface area contributed by atoms with Crippen molar-refractivity contribution >= 4 is 38.1 Å². The highest BCUT2D eigenvalue weighted by Crippen LogP contribution is 2.03. The summed E-state index contributed by atoms with van der Waals surface area (Å²) in [5, 5.41) is 2.26. The number of hydrogen-bond donors (Lipinski definition) is 0. The standard InChI is InChI=1S/C6H4BrNO.C6BrNO/c7-6-3-1-2-5(4-9)8-6;7-5-3-1-2-4-6-8-9/h1-4H;. The lowest BCUT2D eigenvalue weighted by Crippen LogP contribution is -1.83. The topological polar surface area (TPSA) is 59.4 Å². The van der Waals surface area contributed by atoms with Crippen LogP contribution in [-0.4, -0.2) is 11.3 Å². The molecule has 0 atom stereocenters. The fourth-order valence-electron chi connectivity index (χ4n) is 0.627. The van der Waals surface area contributed by atoms with Crippen molar-refractivity contribution < 1.29 is 4.79 Å². The zero-order valence-corrected chi connectivity index (χ0v) is 11.9. The van der Waals surface area contributed by atoms with Crippen molar-refractivity contribution in [3.8, 4) is 34.6 Å². The highest BCUT2D eigenvalue weighted by atomic mass is 79.9. The van der Waals surface area contributed by atoms with E-state index in [-0.39, 0.29) is 0 Å². The molecule has 0 N–H and O–H groups in total. The summed E-state index contributed by atoms with van der Waals surface area (Å²) in [4.78, 5) is 25.6. The molecule has 0 aliphatic rings. The van der Waals surface area contributed by atoms with Crippen LogP contribution < -0.4 is 0 Å². The van der Waals surface area contributed by atoms with E-state index in [2.05, 4.69) is 70.5 Å². The fraction of sp³-hybridized carbons (Fsp3) is 0.